The summed E-state index contributed by atoms with van der Waals surface area (Å²) in [5, 5.41) is 8.58. The van der Waals surface area contributed by atoms with Crippen LogP contribution < -0.4 is 5.73 Å². The van der Waals surface area contributed by atoms with Crippen LogP contribution in [0.15, 0.2) is 48.7 Å². The normalized spacial score (nSPS) is 12.4. The average molecular weight is 228 g/mol. The molecular weight excluding hydrogens is 212 g/mol. The van der Waals surface area contributed by atoms with E-state index in [9.17, 15) is 0 Å². The Bertz CT molecular complexity index is 501. The van der Waals surface area contributed by atoms with Crippen molar-refractivity contribution in [1.29, 1.82) is 0 Å². The molecule has 0 spiro atoms. The van der Waals surface area contributed by atoms with Gasteiger partial charge in [-0.1, -0.05) is 23.8 Å². The highest BCUT2D eigenvalue weighted by atomic mass is 15.5. The predicted octanol–water partition coefficient (Wildman–Crippen LogP) is 2.23. The first-order valence-corrected chi connectivity index (χ1v) is 5.54. The summed E-state index contributed by atoms with van der Waals surface area (Å²) >= 11 is 0. The van der Waals surface area contributed by atoms with Gasteiger partial charge in [-0.2, -0.15) is 15.0 Å². The highest BCUT2D eigenvalue weighted by molar-refractivity contribution is 5.28. The molecule has 0 aliphatic carbocycles. The fourth-order valence-electron chi connectivity index (χ4n) is 1.61. The van der Waals surface area contributed by atoms with E-state index in [4.69, 9.17) is 5.73 Å². The first kappa shape index (κ1) is 11.5. The first-order valence-electron chi connectivity index (χ1n) is 5.54. The maximum Gasteiger partial charge on any atom is 0.100 e. The Hall–Kier alpha value is -1.94. The molecule has 1 heterocycles. The van der Waals surface area contributed by atoms with Crippen LogP contribution in [0.3, 0.4) is 0 Å². The van der Waals surface area contributed by atoms with Crippen molar-refractivity contribution in [3.8, 4) is 5.69 Å². The van der Waals surface area contributed by atoms with E-state index in [1.165, 1.54) is 0 Å². The van der Waals surface area contributed by atoms with Crippen molar-refractivity contribution < 1.29 is 0 Å². The van der Waals surface area contributed by atoms with Crippen LogP contribution >= 0.6 is 0 Å². The maximum atomic E-state index is 6.01. The maximum absolute atomic E-state index is 6.01. The van der Waals surface area contributed by atoms with Gasteiger partial charge >= 0.3 is 0 Å². The number of aromatic nitrogens is 3. The standard InChI is InChI=1S/C13H16N4/c1-10(2)8-12(14)13-9-15-17(16-13)11-6-4-3-5-7-11/h3-7,9,12H,1,8,14H2,2H3. The summed E-state index contributed by atoms with van der Waals surface area (Å²) in [6.07, 6.45) is 2.44. The van der Waals surface area contributed by atoms with Crippen LogP contribution in [0.5, 0.6) is 0 Å². The fraction of sp³-hybridized carbons (Fsp3) is 0.231. The minimum Gasteiger partial charge on any atom is -0.322 e. The molecule has 2 rings (SSSR count). The van der Waals surface area contributed by atoms with E-state index < -0.39 is 0 Å². The smallest absolute Gasteiger partial charge is 0.100 e. The van der Waals surface area contributed by atoms with E-state index in [2.05, 4.69) is 16.8 Å². The number of benzene rings is 1. The molecule has 1 aromatic heterocycles. The molecule has 2 aromatic rings. The number of para-hydroxylation sites is 1. The van der Waals surface area contributed by atoms with Crippen molar-refractivity contribution in [2.24, 2.45) is 5.73 Å². The molecule has 1 aromatic carbocycles. The molecule has 0 saturated carbocycles. The molecule has 4 heteroatoms. The van der Waals surface area contributed by atoms with Crippen molar-refractivity contribution in [2.45, 2.75) is 19.4 Å². The Morgan fingerprint density at radius 1 is 1.41 bits per heavy atom. The summed E-state index contributed by atoms with van der Waals surface area (Å²) in [6.45, 7) is 5.81. The van der Waals surface area contributed by atoms with Crippen LogP contribution in [-0.4, -0.2) is 15.0 Å². The van der Waals surface area contributed by atoms with E-state index in [0.29, 0.717) is 0 Å². The van der Waals surface area contributed by atoms with Gasteiger partial charge in [0.05, 0.1) is 17.9 Å². The molecule has 4 nitrogen and oxygen atoms in total. The van der Waals surface area contributed by atoms with Crippen LogP contribution in [0.25, 0.3) is 5.69 Å². The number of hydrogen-bond donors (Lipinski definition) is 1. The predicted molar refractivity (Wildman–Crippen MR) is 67.7 cm³/mol. The Balaban J connectivity index is 2.19. The Labute approximate surface area is 101 Å². The quantitative estimate of drug-likeness (QED) is 0.816. The molecular formula is C13H16N4. The fourth-order valence-corrected chi connectivity index (χ4v) is 1.61. The topological polar surface area (TPSA) is 56.7 Å². The van der Waals surface area contributed by atoms with Gasteiger partial charge < -0.3 is 5.73 Å². The van der Waals surface area contributed by atoms with Crippen LogP contribution in [-0.2, 0) is 0 Å². The van der Waals surface area contributed by atoms with Crippen LogP contribution in [0.1, 0.15) is 25.1 Å². The summed E-state index contributed by atoms with van der Waals surface area (Å²) in [7, 11) is 0. The van der Waals surface area contributed by atoms with Crippen molar-refractivity contribution in [3.05, 3.63) is 54.4 Å². The van der Waals surface area contributed by atoms with Gasteiger partial charge in [-0.05, 0) is 25.5 Å². The molecule has 2 N–H and O–H groups in total. The van der Waals surface area contributed by atoms with E-state index >= 15 is 0 Å². The molecule has 0 aliphatic heterocycles. The molecule has 0 aliphatic rings. The van der Waals surface area contributed by atoms with E-state index in [1.54, 1.807) is 11.0 Å². The van der Waals surface area contributed by atoms with Crippen LogP contribution in [0.2, 0.25) is 0 Å². The summed E-state index contributed by atoms with van der Waals surface area (Å²) < 4.78 is 0. The summed E-state index contributed by atoms with van der Waals surface area (Å²) in [5.41, 5.74) is 8.78. The van der Waals surface area contributed by atoms with Gasteiger partial charge in [-0.15, -0.1) is 6.58 Å². The van der Waals surface area contributed by atoms with Gasteiger partial charge in [0, 0.05) is 0 Å². The Morgan fingerprint density at radius 3 is 2.76 bits per heavy atom. The van der Waals surface area contributed by atoms with Crippen molar-refractivity contribution >= 4 is 0 Å². The Morgan fingerprint density at radius 2 is 2.12 bits per heavy atom. The molecule has 1 atom stereocenters. The number of hydrogen-bond acceptors (Lipinski definition) is 3. The number of nitrogens with zero attached hydrogens (tertiary/aromatic N) is 3. The molecule has 0 saturated heterocycles. The largest absolute Gasteiger partial charge is 0.322 e. The van der Waals surface area contributed by atoms with E-state index in [0.717, 1.165) is 23.4 Å². The molecule has 17 heavy (non-hydrogen) atoms. The second kappa shape index (κ2) is 4.93. The minimum absolute atomic E-state index is 0.134. The van der Waals surface area contributed by atoms with Crippen molar-refractivity contribution in [3.63, 3.8) is 0 Å². The molecule has 1 unspecified atom stereocenters. The van der Waals surface area contributed by atoms with Gasteiger partial charge in [0.25, 0.3) is 0 Å². The molecule has 0 radical (unpaired) electrons. The lowest BCUT2D eigenvalue weighted by molar-refractivity contribution is 0.663. The summed E-state index contributed by atoms with van der Waals surface area (Å²) in [6, 6.07) is 9.63. The van der Waals surface area contributed by atoms with Gasteiger partial charge in [0.2, 0.25) is 0 Å². The molecule has 0 fully saturated rings. The highest BCUT2D eigenvalue weighted by Gasteiger charge is 2.11. The monoisotopic (exact) mass is 228 g/mol. The first-order chi connectivity index (χ1) is 8.16. The third-order valence-corrected chi connectivity index (χ3v) is 2.44. The summed E-state index contributed by atoms with van der Waals surface area (Å²) in [4.78, 5) is 1.59. The van der Waals surface area contributed by atoms with E-state index in [-0.39, 0.29) is 6.04 Å². The zero-order valence-electron chi connectivity index (χ0n) is 9.87. The second-order valence-corrected chi connectivity index (χ2v) is 4.16. The second-order valence-electron chi connectivity index (χ2n) is 4.16. The molecule has 0 bridgehead atoms. The number of nitrogens with two attached hydrogens (primary N) is 1. The van der Waals surface area contributed by atoms with Gasteiger partial charge in [0.1, 0.15) is 5.69 Å². The third kappa shape index (κ3) is 2.79. The molecule has 88 valence electrons. The van der Waals surface area contributed by atoms with Crippen LogP contribution in [0.4, 0.5) is 0 Å². The lowest BCUT2D eigenvalue weighted by Crippen LogP contribution is -2.11. The van der Waals surface area contributed by atoms with Gasteiger partial charge in [0.15, 0.2) is 0 Å². The van der Waals surface area contributed by atoms with Crippen LogP contribution in [0, 0.1) is 0 Å². The third-order valence-electron chi connectivity index (χ3n) is 2.44. The van der Waals surface area contributed by atoms with Crippen molar-refractivity contribution in [1.82, 2.24) is 15.0 Å². The number of rotatable bonds is 4. The average Bonchev–Trinajstić information content (AvgIpc) is 2.78. The molecule has 0 amide bonds. The minimum atomic E-state index is -0.134. The zero-order valence-corrected chi connectivity index (χ0v) is 9.87. The Kier molecular flexibility index (Phi) is 3.35. The lowest BCUT2D eigenvalue weighted by atomic mass is 10.1. The zero-order chi connectivity index (χ0) is 12.3. The SMILES string of the molecule is C=C(C)CC(N)c1cnn(-c2ccccc2)n1. The highest BCUT2D eigenvalue weighted by Crippen LogP contribution is 2.15. The lowest BCUT2D eigenvalue weighted by Gasteiger charge is -2.06. The summed E-state index contributed by atoms with van der Waals surface area (Å²) in [5.74, 6) is 0. The van der Waals surface area contributed by atoms with Gasteiger partial charge in [-0.25, -0.2) is 0 Å². The van der Waals surface area contributed by atoms with Gasteiger partial charge in [-0.3, -0.25) is 0 Å². The van der Waals surface area contributed by atoms with Crippen molar-refractivity contribution in [2.75, 3.05) is 0 Å². The van der Waals surface area contributed by atoms with E-state index in [1.807, 2.05) is 37.3 Å².